The highest BCUT2D eigenvalue weighted by atomic mass is 16.2. The van der Waals surface area contributed by atoms with Crippen LogP contribution in [0.25, 0.3) is 0 Å². The van der Waals surface area contributed by atoms with Gasteiger partial charge in [0.05, 0.1) is 0 Å². The number of hydrogen-bond donors (Lipinski definition) is 1. The first kappa shape index (κ1) is 10.6. The summed E-state index contributed by atoms with van der Waals surface area (Å²) in [5, 5.41) is 3.05. The minimum Gasteiger partial charge on any atom is -0.337 e. The van der Waals surface area contributed by atoms with Gasteiger partial charge < -0.3 is 10.2 Å². The van der Waals surface area contributed by atoms with E-state index in [-0.39, 0.29) is 6.03 Å². The van der Waals surface area contributed by atoms with Crippen LogP contribution in [0.3, 0.4) is 0 Å². The molecule has 1 aromatic carbocycles. The molecule has 90 valence electrons. The van der Waals surface area contributed by atoms with Crippen LogP contribution in [0.1, 0.15) is 29.9 Å². The second kappa shape index (κ2) is 4.40. The third-order valence-electron chi connectivity index (χ3n) is 3.85. The highest BCUT2D eigenvalue weighted by molar-refractivity contribution is 5.74. The summed E-state index contributed by atoms with van der Waals surface area (Å²) in [6.45, 7) is 2.63. The van der Waals surface area contributed by atoms with Crippen molar-refractivity contribution >= 4 is 6.03 Å². The summed E-state index contributed by atoms with van der Waals surface area (Å²) in [5.41, 5.74) is 2.85. The predicted molar refractivity (Wildman–Crippen MR) is 67.1 cm³/mol. The van der Waals surface area contributed by atoms with Gasteiger partial charge >= 0.3 is 6.03 Å². The highest BCUT2D eigenvalue weighted by Gasteiger charge is 2.26. The standard InChI is InChI=1S/C14H18N2O/c17-14(16-7-3-4-8-16)15-10-12-9-11-5-1-2-6-13(11)12/h1-2,5-6,12H,3-4,7-10H2,(H,15,17). The number of fused-ring (bicyclic) bond motifs is 1. The number of benzene rings is 1. The first-order chi connectivity index (χ1) is 8.34. The second-order valence-corrected chi connectivity index (χ2v) is 4.98. The minimum absolute atomic E-state index is 0.117. The molecule has 0 bridgehead atoms. The molecule has 3 rings (SSSR count). The number of carbonyl (C=O) groups excluding carboxylic acids is 1. The molecular formula is C14H18N2O. The van der Waals surface area contributed by atoms with Crippen molar-refractivity contribution in [3.05, 3.63) is 35.4 Å². The van der Waals surface area contributed by atoms with Crippen LogP contribution in [-0.4, -0.2) is 30.6 Å². The van der Waals surface area contributed by atoms with Gasteiger partial charge in [-0.15, -0.1) is 0 Å². The van der Waals surface area contributed by atoms with Crippen molar-refractivity contribution in [3.8, 4) is 0 Å². The number of nitrogens with zero attached hydrogens (tertiary/aromatic N) is 1. The van der Waals surface area contributed by atoms with Gasteiger partial charge in [-0.25, -0.2) is 4.79 Å². The summed E-state index contributed by atoms with van der Waals surface area (Å²) in [4.78, 5) is 13.7. The van der Waals surface area contributed by atoms with Gasteiger partial charge in [-0.2, -0.15) is 0 Å². The van der Waals surface area contributed by atoms with Crippen molar-refractivity contribution in [2.24, 2.45) is 0 Å². The Morgan fingerprint density at radius 1 is 1.29 bits per heavy atom. The lowest BCUT2D eigenvalue weighted by atomic mass is 9.78. The molecule has 0 spiro atoms. The van der Waals surface area contributed by atoms with Crippen molar-refractivity contribution in [2.75, 3.05) is 19.6 Å². The fourth-order valence-corrected chi connectivity index (χ4v) is 2.79. The zero-order valence-corrected chi connectivity index (χ0v) is 9.98. The van der Waals surface area contributed by atoms with Gasteiger partial charge in [0.15, 0.2) is 0 Å². The van der Waals surface area contributed by atoms with E-state index in [1.54, 1.807) is 0 Å². The highest BCUT2D eigenvalue weighted by Crippen LogP contribution is 2.33. The summed E-state index contributed by atoms with van der Waals surface area (Å²) in [6.07, 6.45) is 3.41. The molecule has 1 unspecified atom stereocenters. The molecular weight excluding hydrogens is 212 g/mol. The van der Waals surface area contributed by atoms with Crippen LogP contribution < -0.4 is 5.32 Å². The average Bonchev–Trinajstić information content (AvgIpc) is 2.83. The molecule has 1 aliphatic heterocycles. The van der Waals surface area contributed by atoms with Crippen molar-refractivity contribution in [1.29, 1.82) is 0 Å². The number of urea groups is 1. The van der Waals surface area contributed by atoms with Crippen LogP contribution in [0.2, 0.25) is 0 Å². The van der Waals surface area contributed by atoms with E-state index in [0.717, 1.165) is 38.9 Å². The summed E-state index contributed by atoms with van der Waals surface area (Å²) < 4.78 is 0. The lowest BCUT2D eigenvalue weighted by Crippen LogP contribution is -2.41. The zero-order valence-electron chi connectivity index (χ0n) is 9.98. The van der Waals surface area contributed by atoms with Crippen molar-refractivity contribution in [2.45, 2.75) is 25.2 Å². The Bertz CT molecular complexity index is 424. The van der Waals surface area contributed by atoms with Crippen LogP contribution in [-0.2, 0) is 6.42 Å². The Hall–Kier alpha value is -1.51. The molecule has 0 saturated carbocycles. The van der Waals surface area contributed by atoms with Gasteiger partial charge in [0, 0.05) is 25.6 Å². The SMILES string of the molecule is O=C(NCC1Cc2ccccc21)N1CCCC1. The number of likely N-dealkylation sites (tertiary alicyclic amines) is 1. The summed E-state index contributed by atoms with van der Waals surface area (Å²) in [6, 6.07) is 8.62. The lowest BCUT2D eigenvalue weighted by Gasteiger charge is -2.30. The van der Waals surface area contributed by atoms with Crippen LogP contribution in [0.5, 0.6) is 0 Å². The van der Waals surface area contributed by atoms with E-state index < -0.39 is 0 Å². The van der Waals surface area contributed by atoms with Gasteiger partial charge in [0.1, 0.15) is 0 Å². The average molecular weight is 230 g/mol. The van der Waals surface area contributed by atoms with E-state index in [9.17, 15) is 4.79 Å². The van der Waals surface area contributed by atoms with E-state index in [4.69, 9.17) is 0 Å². The van der Waals surface area contributed by atoms with Crippen molar-refractivity contribution in [1.82, 2.24) is 10.2 Å². The minimum atomic E-state index is 0.117. The van der Waals surface area contributed by atoms with Gasteiger partial charge in [-0.1, -0.05) is 24.3 Å². The molecule has 0 radical (unpaired) electrons. The Kier molecular flexibility index (Phi) is 2.75. The fourth-order valence-electron chi connectivity index (χ4n) is 2.79. The Labute approximate surface area is 102 Å². The molecule has 1 fully saturated rings. The predicted octanol–water partition coefficient (Wildman–Crippen LogP) is 2.13. The third kappa shape index (κ3) is 2.02. The maximum Gasteiger partial charge on any atom is 0.317 e. The van der Waals surface area contributed by atoms with E-state index in [1.165, 1.54) is 11.1 Å². The van der Waals surface area contributed by atoms with Gasteiger partial charge in [-0.3, -0.25) is 0 Å². The Balaban J connectivity index is 1.51. The quantitative estimate of drug-likeness (QED) is 0.829. The van der Waals surface area contributed by atoms with Crippen LogP contribution in [0.4, 0.5) is 4.79 Å². The van der Waals surface area contributed by atoms with E-state index in [2.05, 4.69) is 29.6 Å². The largest absolute Gasteiger partial charge is 0.337 e. The third-order valence-corrected chi connectivity index (χ3v) is 3.85. The topological polar surface area (TPSA) is 32.3 Å². The first-order valence-electron chi connectivity index (χ1n) is 6.45. The number of nitrogens with one attached hydrogen (secondary N) is 1. The van der Waals surface area contributed by atoms with Crippen LogP contribution in [0, 0.1) is 0 Å². The maximum atomic E-state index is 11.8. The second-order valence-electron chi connectivity index (χ2n) is 4.98. The molecule has 1 heterocycles. The molecule has 1 aromatic rings. The summed E-state index contributed by atoms with van der Waals surface area (Å²) in [5.74, 6) is 0.526. The van der Waals surface area contributed by atoms with Crippen molar-refractivity contribution in [3.63, 3.8) is 0 Å². The van der Waals surface area contributed by atoms with Gasteiger partial charge in [-0.05, 0) is 30.4 Å². The smallest absolute Gasteiger partial charge is 0.317 e. The number of carbonyl (C=O) groups is 1. The molecule has 1 N–H and O–H groups in total. The van der Waals surface area contributed by atoms with E-state index >= 15 is 0 Å². The number of hydrogen-bond acceptors (Lipinski definition) is 1. The van der Waals surface area contributed by atoms with Crippen molar-refractivity contribution < 1.29 is 4.79 Å². The summed E-state index contributed by atoms with van der Waals surface area (Å²) in [7, 11) is 0. The molecule has 1 atom stereocenters. The molecule has 1 aliphatic carbocycles. The van der Waals surface area contributed by atoms with E-state index in [1.807, 2.05) is 4.90 Å². The van der Waals surface area contributed by atoms with Gasteiger partial charge in [0.2, 0.25) is 0 Å². The molecule has 3 heteroatoms. The Morgan fingerprint density at radius 3 is 2.82 bits per heavy atom. The molecule has 2 amide bonds. The zero-order chi connectivity index (χ0) is 11.7. The summed E-state index contributed by atoms with van der Waals surface area (Å²) >= 11 is 0. The molecule has 1 saturated heterocycles. The van der Waals surface area contributed by atoms with E-state index in [0.29, 0.717) is 5.92 Å². The molecule has 0 aromatic heterocycles. The van der Waals surface area contributed by atoms with Gasteiger partial charge in [0.25, 0.3) is 0 Å². The number of rotatable bonds is 2. The first-order valence-corrected chi connectivity index (χ1v) is 6.45. The maximum absolute atomic E-state index is 11.8. The Morgan fingerprint density at radius 2 is 2.06 bits per heavy atom. The molecule has 2 aliphatic rings. The normalized spacial score (nSPS) is 21.9. The monoisotopic (exact) mass is 230 g/mol. The fraction of sp³-hybridized carbons (Fsp3) is 0.500. The van der Waals surface area contributed by atoms with Crippen LogP contribution >= 0.6 is 0 Å². The molecule has 17 heavy (non-hydrogen) atoms. The lowest BCUT2D eigenvalue weighted by molar-refractivity contribution is 0.207. The van der Waals surface area contributed by atoms with Crippen LogP contribution in [0.15, 0.2) is 24.3 Å². The molecule has 3 nitrogen and oxygen atoms in total. The number of amides is 2.